The molecule has 0 N–H and O–H groups in total. The quantitative estimate of drug-likeness (QED) is 0.326. The average molecular weight is 374 g/mol. The summed E-state index contributed by atoms with van der Waals surface area (Å²) >= 11 is 0. The van der Waals surface area contributed by atoms with E-state index in [9.17, 15) is 14.4 Å². The fraction of sp³-hybridized carbons (Fsp3) is 0.571. The number of ether oxygens (including phenoxy) is 3. The second-order valence-corrected chi connectivity index (χ2v) is 7.79. The van der Waals surface area contributed by atoms with Crippen LogP contribution >= 0.6 is 0 Å². The van der Waals surface area contributed by atoms with Gasteiger partial charge in [-0.15, -0.1) is 0 Å². The normalized spacial score (nSPS) is 30.0. The Morgan fingerprint density at radius 1 is 1.30 bits per heavy atom. The first-order valence-electron chi connectivity index (χ1n) is 9.33. The van der Waals surface area contributed by atoms with Crippen molar-refractivity contribution in [3.05, 3.63) is 35.5 Å². The van der Waals surface area contributed by atoms with Gasteiger partial charge in [-0.1, -0.05) is 32.6 Å². The van der Waals surface area contributed by atoms with Crippen LogP contribution in [0, 0.1) is 17.8 Å². The molecule has 0 aromatic rings. The molecule has 1 saturated carbocycles. The highest BCUT2D eigenvalue weighted by atomic mass is 16.6. The maximum absolute atomic E-state index is 12.1. The van der Waals surface area contributed by atoms with Crippen molar-refractivity contribution in [3.8, 4) is 0 Å². The predicted molar refractivity (Wildman–Crippen MR) is 97.4 cm³/mol. The second kappa shape index (κ2) is 7.33. The van der Waals surface area contributed by atoms with Gasteiger partial charge >= 0.3 is 17.9 Å². The third-order valence-electron chi connectivity index (χ3n) is 5.66. The van der Waals surface area contributed by atoms with Gasteiger partial charge in [-0.25, -0.2) is 4.79 Å². The molecular weight excluding hydrogens is 348 g/mol. The minimum Gasteiger partial charge on any atom is -0.461 e. The molecule has 4 atom stereocenters. The zero-order chi connectivity index (χ0) is 19.9. The van der Waals surface area contributed by atoms with Crippen LogP contribution in [0.4, 0.5) is 0 Å². The monoisotopic (exact) mass is 374 g/mol. The van der Waals surface area contributed by atoms with Crippen molar-refractivity contribution in [1.29, 1.82) is 0 Å². The molecule has 0 spiro atoms. The minimum atomic E-state index is -0.460. The van der Waals surface area contributed by atoms with E-state index in [0.29, 0.717) is 24.8 Å². The summed E-state index contributed by atoms with van der Waals surface area (Å²) in [6.45, 7) is 13.2. The molecule has 0 bridgehead atoms. The molecule has 0 radical (unpaired) electrons. The molecule has 6 heteroatoms. The van der Waals surface area contributed by atoms with Crippen LogP contribution in [0.2, 0.25) is 0 Å². The van der Waals surface area contributed by atoms with Gasteiger partial charge in [-0.05, 0) is 24.0 Å². The van der Waals surface area contributed by atoms with E-state index in [4.69, 9.17) is 14.2 Å². The smallest absolute Gasteiger partial charge is 0.334 e. The zero-order valence-corrected chi connectivity index (χ0v) is 16.1. The Morgan fingerprint density at radius 3 is 2.63 bits per heavy atom. The SMILES string of the molecule is C=C1[C@H]2C(=C(COC(C)=O)CC[C@H]3C(=C)C(=O)O[C@H]23)C[C@@H]1OC(=O)C(C)C. The maximum atomic E-state index is 12.1. The zero-order valence-electron chi connectivity index (χ0n) is 16.1. The predicted octanol–water partition coefficient (Wildman–Crippen LogP) is 2.88. The van der Waals surface area contributed by atoms with Crippen molar-refractivity contribution in [2.24, 2.45) is 17.8 Å². The van der Waals surface area contributed by atoms with Gasteiger partial charge in [0.2, 0.25) is 0 Å². The largest absolute Gasteiger partial charge is 0.461 e. The van der Waals surface area contributed by atoms with Gasteiger partial charge in [0.25, 0.3) is 0 Å². The van der Waals surface area contributed by atoms with E-state index in [1.807, 2.05) is 0 Å². The molecule has 0 unspecified atom stereocenters. The van der Waals surface area contributed by atoms with E-state index in [-0.39, 0.29) is 48.4 Å². The summed E-state index contributed by atoms with van der Waals surface area (Å²) in [6.07, 6.45) is 1.03. The number of hydrogen-bond donors (Lipinski definition) is 0. The lowest BCUT2D eigenvalue weighted by Crippen LogP contribution is -2.28. The lowest BCUT2D eigenvalue weighted by molar-refractivity contribution is -0.151. The summed E-state index contributed by atoms with van der Waals surface area (Å²) in [5.74, 6) is -1.60. The number of fused-ring (bicyclic) bond motifs is 3. The lowest BCUT2D eigenvalue weighted by Gasteiger charge is -2.24. The summed E-state index contributed by atoms with van der Waals surface area (Å²) in [4.78, 5) is 35.5. The molecule has 0 aromatic heterocycles. The van der Waals surface area contributed by atoms with Crippen molar-refractivity contribution >= 4 is 17.9 Å². The fourth-order valence-corrected chi connectivity index (χ4v) is 4.16. The van der Waals surface area contributed by atoms with Gasteiger partial charge in [-0.3, -0.25) is 9.59 Å². The molecule has 2 fully saturated rings. The highest BCUT2D eigenvalue weighted by molar-refractivity contribution is 5.91. The highest BCUT2D eigenvalue weighted by Gasteiger charge is 2.51. The molecule has 6 nitrogen and oxygen atoms in total. The molecular formula is C21H26O6. The van der Waals surface area contributed by atoms with E-state index in [2.05, 4.69) is 13.2 Å². The molecule has 0 amide bonds. The van der Waals surface area contributed by atoms with Crippen LogP contribution in [-0.4, -0.2) is 36.7 Å². The summed E-state index contributed by atoms with van der Waals surface area (Å²) in [5.41, 5.74) is 3.22. The third-order valence-corrected chi connectivity index (χ3v) is 5.66. The number of rotatable bonds is 4. The van der Waals surface area contributed by atoms with Crippen molar-refractivity contribution in [2.75, 3.05) is 6.61 Å². The van der Waals surface area contributed by atoms with Crippen molar-refractivity contribution in [1.82, 2.24) is 0 Å². The van der Waals surface area contributed by atoms with E-state index in [0.717, 1.165) is 16.7 Å². The van der Waals surface area contributed by atoms with Gasteiger partial charge < -0.3 is 14.2 Å². The third kappa shape index (κ3) is 3.57. The van der Waals surface area contributed by atoms with Gasteiger partial charge in [0.15, 0.2) is 0 Å². The van der Waals surface area contributed by atoms with Crippen LogP contribution in [0.15, 0.2) is 35.5 Å². The van der Waals surface area contributed by atoms with E-state index < -0.39 is 6.10 Å². The number of esters is 3. The van der Waals surface area contributed by atoms with Crippen LogP contribution in [0.1, 0.15) is 40.0 Å². The fourth-order valence-electron chi connectivity index (χ4n) is 4.16. The first-order chi connectivity index (χ1) is 12.7. The van der Waals surface area contributed by atoms with Crippen LogP contribution in [0.25, 0.3) is 0 Å². The van der Waals surface area contributed by atoms with Crippen molar-refractivity contribution < 1.29 is 28.6 Å². The molecule has 1 aliphatic heterocycles. The summed E-state index contributed by atoms with van der Waals surface area (Å²) in [6, 6.07) is 0. The molecule has 1 saturated heterocycles. The molecule has 3 rings (SSSR count). The van der Waals surface area contributed by atoms with Crippen molar-refractivity contribution in [2.45, 2.75) is 52.2 Å². The standard InChI is InChI=1S/C21H26O6/c1-10(2)20(23)26-17-8-16-14(9-25-13(5)22)6-7-15-11(3)21(24)27-19(15)18(16)12(17)4/h10,15,17-19H,3-4,6-9H2,1-2,5H3/t15-,17-,18-,19-/m0/s1. The molecule has 1 heterocycles. The number of carbonyl (C=O) groups excluding carboxylic acids is 3. The maximum Gasteiger partial charge on any atom is 0.334 e. The second-order valence-electron chi connectivity index (χ2n) is 7.79. The van der Waals surface area contributed by atoms with Crippen molar-refractivity contribution in [3.63, 3.8) is 0 Å². The Bertz CT molecular complexity index is 744. The summed E-state index contributed by atoms with van der Waals surface area (Å²) in [5, 5.41) is 0. The number of hydrogen-bond acceptors (Lipinski definition) is 6. The topological polar surface area (TPSA) is 78.9 Å². The van der Waals surface area contributed by atoms with Gasteiger partial charge in [0, 0.05) is 30.8 Å². The number of carbonyl (C=O) groups is 3. The minimum absolute atomic E-state index is 0.108. The first-order valence-corrected chi connectivity index (χ1v) is 9.33. The Labute approximate surface area is 159 Å². The van der Waals surface area contributed by atoms with E-state index in [1.54, 1.807) is 13.8 Å². The molecule has 2 aliphatic carbocycles. The highest BCUT2D eigenvalue weighted by Crippen LogP contribution is 2.50. The Balaban J connectivity index is 1.94. The van der Waals surface area contributed by atoms with Gasteiger partial charge in [0.1, 0.15) is 18.8 Å². The molecule has 27 heavy (non-hydrogen) atoms. The van der Waals surface area contributed by atoms with E-state index in [1.165, 1.54) is 6.92 Å². The first kappa shape index (κ1) is 19.4. The van der Waals surface area contributed by atoms with Crippen LogP contribution < -0.4 is 0 Å². The molecule has 3 aliphatic rings. The average Bonchev–Trinajstić information content (AvgIpc) is 2.99. The summed E-state index contributed by atoms with van der Waals surface area (Å²) in [7, 11) is 0. The van der Waals surface area contributed by atoms with E-state index >= 15 is 0 Å². The van der Waals surface area contributed by atoms with Crippen LogP contribution in [-0.2, 0) is 28.6 Å². The lowest BCUT2D eigenvalue weighted by atomic mass is 9.84. The Morgan fingerprint density at radius 2 is 2.00 bits per heavy atom. The Kier molecular flexibility index (Phi) is 5.27. The molecule has 146 valence electrons. The van der Waals surface area contributed by atoms with Gasteiger partial charge in [0.05, 0.1) is 5.92 Å². The summed E-state index contributed by atoms with van der Waals surface area (Å²) < 4.78 is 16.5. The molecule has 0 aromatic carbocycles. The van der Waals surface area contributed by atoms with Gasteiger partial charge in [-0.2, -0.15) is 0 Å². The Hall–Kier alpha value is -2.37. The van der Waals surface area contributed by atoms with Crippen LogP contribution in [0.3, 0.4) is 0 Å². The van der Waals surface area contributed by atoms with Crippen LogP contribution in [0.5, 0.6) is 0 Å².